The zero-order valence-electron chi connectivity index (χ0n) is 23.8. The molecule has 3 aromatic carbocycles. The summed E-state index contributed by atoms with van der Waals surface area (Å²) in [5.41, 5.74) is 3.88. The molecule has 1 atom stereocenters. The predicted octanol–water partition coefficient (Wildman–Crippen LogP) is 5.42. The lowest BCUT2D eigenvalue weighted by Gasteiger charge is -2.34. The number of hydrogen-bond donors (Lipinski definition) is 1. The molecule has 9 heteroatoms. The van der Waals surface area contributed by atoms with Crippen molar-refractivity contribution in [1.29, 1.82) is 0 Å². The second-order valence-corrected chi connectivity index (χ2v) is 13.3. The van der Waals surface area contributed by atoms with Crippen LogP contribution >= 0.6 is 11.6 Å². The van der Waals surface area contributed by atoms with Crippen LogP contribution in [-0.2, 0) is 32.6 Å². The number of anilines is 1. The van der Waals surface area contributed by atoms with E-state index < -0.39 is 28.5 Å². The number of sulfonamides is 1. The second kappa shape index (κ2) is 13.5. The van der Waals surface area contributed by atoms with Crippen LogP contribution in [-0.4, -0.2) is 50.0 Å². The number of carbonyl (C=O) groups is 2. The summed E-state index contributed by atoms with van der Waals surface area (Å²) in [7, 11) is -3.81. The van der Waals surface area contributed by atoms with Crippen molar-refractivity contribution in [1.82, 2.24) is 10.2 Å². The lowest BCUT2D eigenvalue weighted by Crippen LogP contribution is -2.54. The quantitative estimate of drug-likeness (QED) is 0.321. The van der Waals surface area contributed by atoms with Crippen molar-refractivity contribution in [2.75, 3.05) is 17.1 Å². The number of aryl methyl sites for hydroxylation is 2. The van der Waals surface area contributed by atoms with Gasteiger partial charge in [-0.2, -0.15) is 0 Å². The minimum Gasteiger partial charge on any atom is -0.352 e. The molecule has 3 aromatic rings. The summed E-state index contributed by atoms with van der Waals surface area (Å²) in [5.74, 6) is -0.701. The third kappa shape index (κ3) is 8.57. The van der Waals surface area contributed by atoms with Crippen LogP contribution in [0.2, 0.25) is 5.02 Å². The minimum absolute atomic E-state index is 0.0658. The summed E-state index contributed by atoms with van der Waals surface area (Å²) < 4.78 is 27.1. The molecule has 4 rings (SSSR count). The molecule has 0 bridgehead atoms. The molecule has 1 aliphatic carbocycles. The first kappa shape index (κ1) is 30.6. The first-order valence-electron chi connectivity index (χ1n) is 13.9. The van der Waals surface area contributed by atoms with Gasteiger partial charge in [0.2, 0.25) is 21.8 Å². The molecule has 41 heavy (non-hydrogen) atoms. The van der Waals surface area contributed by atoms with Gasteiger partial charge in [0.25, 0.3) is 0 Å². The average molecular weight is 596 g/mol. The Morgan fingerprint density at radius 1 is 0.927 bits per heavy atom. The van der Waals surface area contributed by atoms with Crippen molar-refractivity contribution in [2.45, 2.75) is 64.6 Å². The van der Waals surface area contributed by atoms with Crippen LogP contribution in [0.25, 0.3) is 0 Å². The highest BCUT2D eigenvalue weighted by Gasteiger charge is 2.34. The number of amides is 2. The standard InChI is InChI=1S/C32H38ClN3O4S/c1-23-17-24(2)19-29(18-23)36(41(3,39)40)22-31(37)35(21-26-13-15-27(33)16-14-26)30(20-25-9-5-4-6-10-25)32(38)34-28-11-7-8-12-28/h4-6,9-10,13-19,28,30H,7-8,11-12,20-22H2,1-3H3,(H,34,38)/t30-/m0/s1. The third-order valence-electron chi connectivity index (χ3n) is 7.41. The molecule has 7 nitrogen and oxygen atoms in total. The molecule has 0 saturated heterocycles. The molecule has 0 heterocycles. The molecule has 1 fully saturated rings. The molecular weight excluding hydrogens is 558 g/mol. The highest BCUT2D eigenvalue weighted by atomic mass is 35.5. The Morgan fingerprint density at radius 2 is 1.54 bits per heavy atom. The smallest absolute Gasteiger partial charge is 0.244 e. The fourth-order valence-corrected chi connectivity index (χ4v) is 6.38. The zero-order valence-corrected chi connectivity index (χ0v) is 25.4. The number of nitrogens with zero attached hydrogens (tertiary/aromatic N) is 2. The van der Waals surface area contributed by atoms with Gasteiger partial charge < -0.3 is 10.2 Å². The second-order valence-electron chi connectivity index (χ2n) is 11.0. The van der Waals surface area contributed by atoms with Crippen LogP contribution in [0.1, 0.15) is 47.9 Å². The minimum atomic E-state index is -3.81. The van der Waals surface area contributed by atoms with Gasteiger partial charge in [-0.15, -0.1) is 0 Å². The normalized spacial score (nSPS) is 14.4. The van der Waals surface area contributed by atoms with Gasteiger partial charge in [-0.05, 0) is 73.2 Å². The molecule has 2 amide bonds. The van der Waals surface area contributed by atoms with Gasteiger partial charge >= 0.3 is 0 Å². The van der Waals surface area contributed by atoms with E-state index >= 15 is 0 Å². The van der Waals surface area contributed by atoms with Gasteiger partial charge in [0, 0.05) is 24.0 Å². The molecule has 0 unspecified atom stereocenters. The van der Waals surface area contributed by atoms with Gasteiger partial charge in [-0.1, -0.05) is 73.0 Å². The predicted molar refractivity (Wildman–Crippen MR) is 164 cm³/mol. The largest absolute Gasteiger partial charge is 0.352 e. The van der Waals surface area contributed by atoms with Gasteiger partial charge in [0.1, 0.15) is 12.6 Å². The topological polar surface area (TPSA) is 86.8 Å². The number of rotatable bonds is 11. The number of benzene rings is 3. The Morgan fingerprint density at radius 3 is 2.12 bits per heavy atom. The lowest BCUT2D eigenvalue weighted by atomic mass is 10.0. The van der Waals surface area contributed by atoms with Crippen molar-refractivity contribution < 1.29 is 18.0 Å². The van der Waals surface area contributed by atoms with Crippen LogP contribution in [0.5, 0.6) is 0 Å². The Balaban J connectivity index is 1.73. The van der Waals surface area contributed by atoms with E-state index in [9.17, 15) is 18.0 Å². The van der Waals surface area contributed by atoms with E-state index in [0.717, 1.165) is 58.5 Å². The van der Waals surface area contributed by atoms with Gasteiger partial charge in [0.05, 0.1) is 11.9 Å². The Hall–Kier alpha value is -3.36. The summed E-state index contributed by atoms with van der Waals surface area (Å²) in [6, 6.07) is 21.3. The van der Waals surface area contributed by atoms with Crippen LogP contribution in [0.3, 0.4) is 0 Å². The molecule has 1 aliphatic rings. The summed E-state index contributed by atoms with van der Waals surface area (Å²) in [5, 5.41) is 3.73. The lowest BCUT2D eigenvalue weighted by molar-refractivity contribution is -0.140. The first-order valence-corrected chi connectivity index (χ1v) is 16.2. The molecule has 1 N–H and O–H groups in total. The Labute approximate surface area is 248 Å². The number of hydrogen-bond acceptors (Lipinski definition) is 4. The van der Waals surface area contributed by atoms with Crippen molar-refractivity contribution in [2.24, 2.45) is 0 Å². The number of nitrogens with one attached hydrogen (secondary N) is 1. The molecule has 0 aromatic heterocycles. The SMILES string of the molecule is Cc1cc(C)cc(N(CC(=O)N(Cc2ccc(Cl)cc2)[C@@H](Cc2ccccc2)C(=O)NC2CCCC2)S(C)(=O)=O)c1. The van der Waals surface area contributed by atoms with E-state index in [2.05, 4.69) is 5.32 Å². The van der Waals surface area contributed by atoms with Crippen LogP contribution in [0.15, 0.2) is 72.8 Å². The third-order valence-corrected chi connectivity index (χ3v) is 8.81. The fraction of sp³-hybridized carbons (Fsp3) is 0.375. The molecule has 0 spiro atoms. The van der Waals surface area contributed by atoms with E-state index in [1.165, 1.54) is 4.90 Å². The summed E-state index contributed by atoms with van der Waals surface area (Å²) in [4.78, 5) is 29.6. The highest BCUT2D eigenvalue weighted by Crippen LogP contribution is 2.24. The van der Waals surface area contributed by atoms with Crippen LogP contribution in [0.4, 0.5) is 5.69 Å². The molecular formula is C32H38ClN3O4S. The van der Waals surface area contributed by atoms with Crippen LogP contribution < -0.4 is 9.62 Å². The highest BCUT2D eigenvalue weighted by molar-refractivity contribution is 7.92. The van der Waals surface area contributed by atoms with Gasteiger partial charge in [-0.3, -0.25) is 13.9 Å². The van der Waals surface area contributed by atoms with Crippen molar-refractivity contribution in [3.63, 3.8) is 0 Å². The maximum Gasteiger partial charge on any atom is 0.244 e. The monoisotopic (exact) mass is 595 g/mol. The summed E-state index contributed by atoms with van der Waals surface area (Å²) in [6.07, 6.45) is 5.31. The average Bonchev–Trinajstić information content (AvgIpc) is 3.42. The maximum absolute atomic E-state index is 14.2. The fourth-order valence-electron chi connectivity index (χ4n) is 5.42. The Kier molecular flexibility index (Phi) is 10.1. The molecule has 0 radical (unpaired) electrons. The van der Waals surface area contributed by atoms with Gasteiger partial charge in [-0.25, -0.2) is 8.42 Å². The maximum atomic E-state index is 14.2. The van der Waals surface area contributed by atoms with E-state index in [-0.39, 0.29) is 18.5 Å². The van der Waals surface area contributed by atoms with Gasteiger partial charge in [0.15, 0.2) is 0 Å². The van der Waals surface area contributed by atoms with E-state index in [4.69, 9.17) is 11.6 Å². The van der Waals surface area contributed by atoms with E-state index in [1.807, 2.05) is 62.4 Å². The van der Waals surface area contributed by atoms with E-state index in [0.29, 0.717) is 17.1 Å². The van der Waals surface area contributed by atoms with Crippen molar-refractivity contribution >= 4 is 39.1 Å². The van der Waals surface area contributed by atoms with E-state index in [1.54, 1.807) is 24.3 Å². The molecule has 0 aliphatic heterocycles. The molecule has 1 saturated carbocycles. The first-order chi connectivity index (χ1) is 19.5. The number of halogens is 1. The van der Waals surface area contributed by atoms with Crippen molar-refractivity contribution in [3.05, 3.63) is 100 Å². The molecule has 218 valence electrons. The Bertz CT molecular complexity index is 1440. The summed E-state index contributed by atoms with van der Waals surface area (Å²) >= 11 is 6.12. The van der Waals surface area contributed by atoms with Crippen LogP contribution in [0, 0.1) is 13.8 Å². The summed E-state index contributed by atoms with van der Waals surface area (Å²) in [6.45, 7) is 3.46. The zero-order chi connectivity index (χ0) is 29.6. The van der Waals surface area contributed by atoms with Crippen molar-refractivity contribution in [3.8, 4) is 0 Å². The number of carbonyl (C=O) groups excluding carboxylic acids is 2.